The first-order valence-corrected chi connectivity index (χ1v) is 9.17. The van der Waals surface area contributed by atoms with Crippen molar-refractivity contribution >= 4 is 31.9 Å². The van der Waals surface area contributed by atoms with Gasteiger partial charge >= 0.3 is 0 Å². The average molecular weight is 443 g/mol. The lowest BCUT2D eigenvalue weighted by atomic mass is 10.1. The van der Waals surface area contributed by atoms with E-state index in [4.69, 9.17) is 9.47 Å². The first-order chi connectivity index (χ1) is 11.2. The third-order valence-electron chi connectivity index (χ3n) is 3.45. The summed E-state index contributed by atoms with van der Waals surface area (Å²) < 4.78 is 13.1. The molecule has 124 valence electrons. The second kappa shape index (κ2) is 9.30. The van der Waals surface area contributed by atoms with E-state index >= 15 is 0 Å². The van der Waals surface area contributed by atoms with E-state index < -0.39 is 0 Å². The predicted molar refractivity (Wildman–Crippen MR) is 101 cm³/mol. The fourth-order valence-corrected chi connectivity index (χ4v) is 3.83. The van der Waals surface area contributed by atoms with Crippen molar-refractivity contribution in [1.29, 1.82) is 0 Å². The Balaban J connectivity index is 1.96. The number of ether oxygens (including phenoxy) is 2. The van der Waals surface area contributed by atoms with Gasteiger partial charge in [0.2, 0.25) is 0 Å². The maximum Gasteiger partial charge on any atom is 0.138 e. The molecule has 0 fully saturated rings. The van der Waals surface area contributed by atoms with Crippen LogP contribution >= 0.6 is 31.9 Å². The highest BCUT2D eigenvalue weighted by molar-refractivity contribution is 9.11. The van der Waals surface area contributed by atoms with Gasteiger partial charge in [0.1, 0.15) is 11.5 Å². The maximum atomic E-state index is 5.75. The van der Waals surface area contributed by atoms with Crippen molar-refractivity contribution in [2.45, 2.75) is 19.9 Å². The molecule has 0 amide bonds. The summed E-state index contributed by atoms with van der Waals surface area (Å²) in [6.45, 7) is 4.26. The van der Waals surface area contributed by atoms with Gasteiger partial charge in [-0.15, -0.1) is 0 Å². The minimum Gasteiger partial charge on any atom is -0.496 e. The Morgan fingerprint density at radius 1 is 1.09 bits per heavy atom. The number of rotatable bonds is 8. The van der Waals surface area contributed by atoms with Crippen molar-refractivity contribution in [2.75, 3.05) is 20.3 Å². The summed E-state index contributed by atoms with van der Waals surface area (Å²) in [6, 6.07) is 12.2. The van der Waals surface area contributed by atoms with Crippen LogP contribution in [0.25, 0.3) is 0 Å². The molecule has 3 nitrogen and oxygen atoms in total. The largest absolute Gasteiger partial charge is 0.496 e. The third-order valence-corrected chi connectivity index (χ3v) is 4.50. The van der Waals surface area contributed by atoms with Crippen LogP contribution in [0.1, 0.15) is 18.1 Å². The van der Waals surface area contributed by atoms with Gasteiger partial charge in [0.25, 0.3) is 0 Å². The Morgan fingerprint density at radius 2 is 1.87 bits per heavy atom. The molecular weight excluding hydrogens is 422 g/mol. The van der Waals surface area contributed by atoms with Crippen molar-refractivity contribution in [1.82, 2.24) is 5.32 Å². The number of para-hydroxylation sites is 1. The predicted octanol–water partition coefficient (Wildman–Crippen LogP) is 4.95. The van der Waals surface area contributed by atoms with Crippen LogP contribution in [0.3, 0.4) is 0 Å². The Hall–Kier alpha value is -1.04. The van der Waals surface area contributed by atoms with Gasteiger partial charge in [-0.2, -0.15) is 0 Å². The molecule has 0 aliphatic rings. The molecule has 2 rings (SSSR count). The van der Waals surface area contributed by atoms with Crippen molar-refractivity contribution in [3.05, 3.63) is 56.5 Å². The first kappa shape index (κ1) is 18.3. The fourth-order valence-electron chi connectivity index (χ4n) is 2.41. The minimum atomic E-state index is 0.647. The number of halogens is 2. The van der Waals surface area contributed by atoms with Gasteiger partial charge in [-0.3, -0.25) is 0 Å². The molecule has 0 aliphatic carbocycles. The molecule has 0 saturated carbocycles. The average Bonchev–Trinajstić information content (AvgIpc) is 2.55. The van der Waals surface area contributed by atoms with E-state index in [-0.39, 0.29) is 0 Å². The zero-order chi connectivity index (χ0) is 16.7. The van der Waals surface area contributed by atoms with Crippen LogP contribution in [0, 0.1) is 0 Å². The van der Waals surface area contributed by atoms with Gasteiger partial charge in [-0.1, -0.05) is 34.1 Å². The molecule has 0 aliphatic heterocycles. The van der Waals surface area contributed by atoms with Crippen molar-refractivity contribution in [2.24, 2.45) is 0 Å². The monoisotopic (exact) mass is 441 g/mol. The molecule has 0 heterocycles. The van der Waals surface area contributed by atoms with Crippen molar-refractivity contribution < 1.29 is 9.47 Å². The number of hydrogen-bond acceptors (Lipinski definition) is 3. The second-order valence-electron chi connectivity index (χ2n) is 5.05. The summed E-state index contributed by atoms with van der Waals surface area (Å²) in [7, 11) is 1.71. The van der Waals surface area contributed by atoms with Gasteiger partial charge in [0.15, 0.2) is 0 Å². The molecule has 2 aromatic rings. The highest BCUT2D eigenvalue weighted by atomic mass is 79.9. The van der Waals surface area contributed by atoms with Gasteiger partial charge in [0.05, 0.1) is 18.2 Å². The van der Waals surface area contributed by atoms with E-state index in [0.29, 0.717) is 6.61 Å². The summed E-state index contributed by atoms with van der Waals surface area (Å²) >= 11 is 7.10. The lowest BCUT2D eigenvalue weighted by molar-refractivity contribution is 0.333. The Labute approximate surface area is 154 Å². The van der Waals surface area contributed by atoms with Crippen LogP contribution in [-0.2, 0) is 13.0 Å². The van der Waals surface area contributed by atoms with E-state index in [9.17, 15) is 0 Å². The van der Waals surface area contributed by atoms with E-state index in [1.54, 1.807) is 7.11 Å². The number of hydrogen-bond donors (Lipinski definition) is 1. The van der Waals surface area contributed by atoms with E-state index in [0.717, 1.165) is 45.5 Å². The molecule has 1 N–H and O–H groups in total. The van der Waals surface area contributed by atoms with E-state index in [2.05, 4.69) is 49.3 Å². The molecule has 0 saturated heterocycles. The number of methoxy groups -OCH3 is 1. The Morgan fingerprint density at radius 3 is 2.61 bits per heavy atom. The van der Waals surface area contributed by atoms with Crippen LogP contribution in [0.5, 0.6) is 11.5 Å². The van der Waals surface area contributed by atoms with E-state index in [1.807, 2.05) is 31.2 Å². The summed E-state index contributed by atoms with van der Waals surface area (Å²) in [6.07, 6.45) is 0.920. The molecule has 0 bridgehead atoms. The highest BCUT2D eigenvalue weighted by Crippen LogP contribution is 2.33. The molecule has 5 heteroatoms. The normalized spacial score (nSPS) is 10.6. The molecule has 0 spiro atoms. The molecular formula is C18H21Br2NO2. The van der Waals surface area contributed by atoms with Crippen LogP contribution in [-0.4, -0.2) is 20.3 Å². The van der Waals surface area contributed by atoms with Gasteiger partial charge < -0.3 is 14.8 Å². The molecule has 0 radical (unpaired) electrons. The van der Waals surface area contributed by atoms with Crippen LogP contribution < -0.4 is 14.8 Å². The molecule has 0 aromatic heterocycles. The third kappa shape index (κ3) is 5.23. The maximum absolute atomic E-state index is 5.75. The van der Waals surface area contributed by atoms with Crippen LogP contribution in [0.2, 0.25) is 0 Å². The zero-order valence-electron chi connectivity index (χ0n) is 13.4. The quantitative estimate of drug-likeness (QED) is 0.586. The van der Waals surface area contributed by atoms with Crippen LogP contribution in [0.4, 0.5) is 0 Å². The van der Waals surface area contributed by atoms with Gasteiger partial charge in [0, 0.05) is 16.6 Å². The standard InChI is InChI=1S/C18H21Br2NO2/c1-3-23-18-14(10-15(19)11-16(18)20)12-21-9-8-13-6-4-5-7-17(13)22-2/h4-7,10-11,21H,3,8-9,12H2,1-2H3. The molecule has 0 atom stereocenters. The summed E-state index contributed by atoms with van der Waals surface area (Å²) in [4.78, 5) is 0. The lowest BCUT2D eigenvalue weighted by Crippen LogP contribution is -2.17. The van der Waals surface area contributed by atoms with Crippen LogP contribution in [0.15, 0.2) is 45.3 Å². The van der Waals surface area contributed by atoms with Crippen molar-refractivity contribution in [3.63, 3.8) is 0 Å². The molecule has 0 unspecified atom stereocenters. The fraction of sp³-hybridized carbons (Fsp3) is 0.333. The smallest absolute Gasteiger partial charge is 0.138 e. The number of benzene rings is 2. The lowest BCUT2D eigenvalue weighted by Gasteiger charge is -2.14. The van der Waals surface area contributed by atoms with Crippen molar-refractivity contribution in [3.8, 4) is 11.5 Å². The zero-order valence-corrected chi connectivity index (χ0v) is 16.5. The topological polar surface area (TPSA) is 30.5 Å². The Kier molecular flexibility index (Phi) is 7.40. The van der Waals surface area contributed by atoms with Gasteiger partial charge in [-0.05, 0) is 59.6 Å². The second-order valence-corrected chi connectivity index (χ2v) is 6.82. The molecule has 23 heavy (non-hydrogen) atoms. The SMILES string of the molecule is CCOc1c(Br)cc(Br)cc1CNCCc1ccccc1OC. The molecule has 2 aromatic carbocycles. The van der Waals surface area contributed by atoms with E-state index in [1.165, 1.54) is 5.56 Å². The summed E-state index contributed by atoms with van der Waals surface area (Å²) in [5.74, 6) is 1.84. The minimum absolute atomic E-state index is 0.647. The summed E-state index contributed by atoms with van der Waals surface area (Å²) in [5.41, 5.74) is 2.34. The van der Waals surface area contributed by atoms with Gasteiger partial charge in [-0.25, -0.2) is 0 Å². The first-order valence-electron chi connectivity index (χ1n) is 7.59. The highest BCUT2D eigenvalue weighted by Gasteiger charge is 2.10. The number of nitrogens with one attached hydrogen (secondary N) is 1. The summed E-state index contributed by atoms with van der Waals surface area (Å²) in [5, 5.41) is 3.48. The Bertz CT molecular complexity index is 647.